The first kappa shape index (κ1) is 17.8. The molecular weight excluding hydrogens is 292 g/mol. The molecule has 0 saturated carbocycles. The van der Waals surface area contributed by atoms with Gasteiger partial charge in [0.15, 0.2) is 0 Å². The van der Waals surface area contributed by atoms with Gasteiger partial charge in [-0.1, -0.05) is 12.1 Å². The molecule has 1 aliphatic rings. The Morgan fingerprint density at radius 1 is 1.35 bits per heavy atom. The van der Waals surface area contributed by atoms with E-state index < -0.39 is 0 Å². The molecule has 1 N–H and O–H groups in total. The first-order valence-corrected chi connectivity index (χ1v) is 8.23. The van der Waals surface area contributed by atoms with Crippen molar-refractivity contribution in [1.82, 2.24) is 9.80 Å². The van der Waals surface area contributed by atoms with Gasteiger partial charge >= 0.3 is 0 Å². The van der Waals surface area contributed by atoms with E-state index in [1.165, 1.54) is 0 Å². The molecule has 1 amide bonds. The number of likely N-dealkylation sites (tertiary alicyclic amines) is 1. The van der Waals surface area contributed by atoms with Crippen molar-refractivity contribution in [3.05, 3.63) is 29.8 Å². The van der Waals surface area contributed by atoms with Gasteiger partial charge in [0.1, 0.15) is 5.75 Å². The van der Waals surface area contributed by atoms with Crippen molar-refractivity contribution in [2.24, 2.45) is 5.92 Å². The molecule has 23 heavy (non-hydrogen) atoms. The normalized spacial score (nSPS) is 21.5. The van der Waals surface area contributed by atoms with E-state index in [2.05, 4.69) is 4.90 Å². The zero-order chi connectivity index (χ0) is 16.8. The highest BCUT2D eigenvalue weighted by atomic mass is 16.5. The van der Waals surface area contributed by atoms with Crippen LogP contribution < -0.4 is 4.74 Å². The van der Waals surface area contributed by atoms with Crippen LogP contribution in [0.25, 0.3) is 0 Å². The Bertz CT molecular complexity index is 501. The Labute approximate surface area is 138 Å². The molecule has 0 radical (unpaired) electrons. The molecule has 0 bridgehead atoms. The summed E-state index contributed by atoms with van der Waals surface area (Å²) in [5.74, 6) is 1.29. The van der Waals surface area contributed by atoms with Crippen LogP contribution in [0.15, 0.2) is 24.3 Å². The maximum absolute atomic E-state index is 12.5. The predicted molar refractivity (Wildman–Crippen MR) is 90.6 cm³/mol. The lowest BCUT2D eigenvalue weighted by Gasteiger charge is -2.41. The minimum atomic E-state index is 0.191. The summed E-state index contributed by atoms with van der Waals surface area (Å²) in [6.45, 7) is 1.65. The molecule has 1 aliphatic heterocycles. The fraction of sp³-hybridized carbons (Fsp3) is 0.611. The van der Waals surface area contributed by atoms with Crippen LogP contribution in [0.5, 0.6) is 5.75 Å². The zero-order valence-electron chi connectivity index (χ0n) is 14.4. The lowest BCUT2D eigenvalue weighted by molar-refractivity contribution is -0.134. The van der Waals surface area contributed by atoms with Crippen LogP contribution in [-0.4, -0.2) is 67.8 Å². The van der Waals surface area contributed by atoms with Crippen molar-refractivity contribution in [2.45, 2.75) is 25.3 Å². The van der Waals surface area contributed by atoms with E-state index in [4.69, 9.17) is 4.74 Å². The maximum atomic E-state index is 12.5. The third-order valence-corrected chi connectivity index (χ3v) is 4.76. The maximum Gasteiger partial charge on any atom is 0.222 e. The predicted octanol–water partition coefficient (Wildman–Crippen LogP) is 1.40. The minimum Gasteiger partial charge on any atom is -0.497 e. The summed E-state index contributed by atoms with van der Waals surface area (Å²) < 4.78 is 5.14. The Morgan fingerprint density at radius 3 is 2.61 bits per heavy atom. The molecule has 0 unspecified atom stereocenters. The van der Waals surface area contributed by atoms with Crippen LogP contribution in [0.1, 0.15) is 18.4 Å². The molecule has 1 aromatic rings. The number of nitrogens with zero attached hydrogens (tertiary/aromatic N) is 2. The smallest absolute Gasteiger partial charge is 0.222 e. The summed E-state index contributed by atoms with van der Waals surface area (Å²) in [4.78, 5) is 16.5. The van der Waals surface area contributed by atoms with Gasteiger partial charge in [0, 0.05) is 38.1 Å². The van der Waals surface area contributed by atoms with E-state index in [9.17, 15) is 9.90 Å². The number of aryl methyl sites for hydroxylation is 1. The number of carbonyl (C=O) groups is 1. The minimum absolute atomic E-state index is 0.191. The van der Waals surface area contributed by atoms with Gasteiger partial charge in [-0.15, -0.1) is 0 Å². The third-order valence-electron chi connectivity index (χ3n) is 4.76. The number of piperidine rings is 1. The van der Waals surface area contributed by atoms with E-state index in [1.807, 2.05) is 43.3 Å². The van der Waals surface area contributed by atoms with E-state index in [0.717, 1.165) is 30.7 Å². The van der Waals surface area contributed by atoms with E-state index in [1.54, 1.807) is 7.11 Å². The summed E-state index contributed by atoms with van der Waals surface area (Å²) in [5, 5.41) is 9.49. The molecule has 1 fully saturated rings. The molecule has 5 nitrogen and oxygen atoms in total. The second-order valence-corrected chi connectivity index (χ2v) is 6.45. The Morgan fingerprint density at radius 2 is 2.04 bits per heavy atom. The lowest BCUT2D eigenvalue weighted by Crippen LogP contribution is -2.53. The monoisotopic (exact) mass is 320 g/mol. The Kier molecular flexibility index (Phi) is 6.42. The second kappa shape index (κ2) is 8.31. The number of aliphatic hydroxyl groups is 1. The molecular formula is C18H28N2O3. The van der Waals surface area contributed by atoms with Crippen LogP contribution in [0, 0.1) is 5.92 Å². The number of rotatable bonds is 6. The molecule has 2 rings (SSSR count). The number of likely N-dealkylation sites (N-methyl/N-ethyl adjacent to an activating group) is 1. The van der Waals surface area contributed by atoms with Crippen LogP contribution in [0.2, 0.25) is 0 Å². The molecule has 1 heterocycles. The largest absolute Gasteiger partial charge is 0.497 e. The number of aliphatic hydroxyl groups excluding tert-OH is 1. The van der Waals surface area contributed by atoms with Gasteiger partial charge < -0.3 is 19.6 Å². The van der Waals surface area contributed by atoms with Crippen LogP contribution in [-0.2, 0) is 11.2 Å². The topological polar surface area (TPSA) is 53.0 Å². The van der Waals surface area contributed by atoms with Crippen molar-refractivity contribution >= 4 is 5.91 Å². The molecule has 1 saturated heterocycles. The Hall–Kier alpha value is -1.59. The number of ether oxygens (including phenoxy) is 1. The standard InChI is InChI=1S/C18H28N2O3/c1-19(2)17-12-20(11-10-15(17)13-21)18(22)9-6-14-4-7-16(23-3)8-5-14/h4-5,7-8,15,17,21H,6,9-13H2,1-3H3/t15-,17-/m1/s1. The second-order valence-electron chi connectivity index (χ2n) is 6.45. The molecule has 0 aliphatic carbocycles. The van der Waals surface area contributed by atoms with Gasteiger partial charge in [0.2, 0.25) is 5.91 Å². The van der Waals surface area contributed by atoms with Crippen LogP contribution >= 0.6 is 0 Å². The van der Waals surface area contributed by atoms with Crippen molar-refractivity contribution in [2.75, 3.05) is 40.9 Å². The number of carbonyl (C=O) groups excluding carboxylic acids is 1. The van der Waals surface area contributed by atoms with Crippen LogP contribution in [0.3, 0.4) is 0 Å². The fourth-order valence-electron chi connectivity index (χ4n) is 3.21. The number of hydrogen-bond acceptors (Lipinski definition) is 4. The van der Waals surface area contributed by atoms with Crippen molar-refractivity contribution in [1.29, 1.82) is 0 Å². The number of hydrogen-bond donors (Lipinski definition) is 1. The molecule has 2 atom stereocenters. The van der Waals surface area contributed by atoms with Crippen molar-refractivity contribution < 1.29 is 14.6 Å². The summed E-state index contributed by atoms with van der Waals surface area (Å²) in [5.41, 5.74) is 1.15. The summed E-state index contributed by atoms with van der Waals surface area (Å²) in [6, 6.07) is 8.10. The van der Waals surface area contributed by atoms with Gasteiger partial charge in [0.05, 0.1) is 7.11 Å². The molecule has 1 aromatic carbocycles. The van der Waals surface area contributed by atoms with E-state index in [-0.39, 0.29) is 24.5 Å². The lowest BCUT2D eigenvalue weighted by atomic mass is 9.91. The summed E-state index contributed by atoms with van der Waals surface area (Å²) >= 11 is 0. The average Bonchev–Trinajstić information content (AvgIpc) is 2.59. The number of amides is 1. The zero-order valence-corrected chi connectivity index (χ0v) is 14.4. The summed E-state index contributed by atoms with van der Waals surface area (Å²) in [6.07, 6.45) is 2.14. The number of methoxy groups -OCH3 is 1. The quantitative estimate of drug-likeness (QED) is 0.861. The average molecular weight is 320 g/mol. The first-order valence-electron chi connectivity index (χ1n) is 8.23. The number of benzene rings is 1. The van der Waals surface area contributed by atoms with Crippen molar-refractivity contribution in [3.63, 3.8) is 0 Å². The highest BCUT2D eigenvalue weighted by Gasteiger charge is 2.31. The highest BCUT2D eigenvalue weighted by Crippen LogP contribution is 2.21. The van der Waals surface area contributed by atoms with E-state index >= 15 is 0 Å². The molecule has 0 spiro atoms. The van der Waals surface area contributed by atoms with Crippen LogP contribution in [0.4, 0.5) is 0 Å². The van der Waals surface area contributed by atoms with Gasteiger partial charge in [-0.2, -0.15) is 0 Å². The van der Waals surface area contributed by atoms with Gasteiger partial charge in [0.25, 0.3) is 0 Å². The Balaban J connectivity index is 1.87. The molecule has 0 aromatic heterocycles. The third kappa shape index (κ3) is 4.69. The summed E-state index contributed by atoms with van der Waals surface area (Å²) in [7, 11) is 5.67. The molecule has 5 heteroatoms. The van der Waals surface area contributed by atoms with Gasteiger partial charge in [-0.25, -0.2) is 0 Å². The highest BCUT2D eigenvalue weighted by molar-refractivity contribution is 5.76. The van der Waals surface area contributed by atoms with Gasteiger partial charge in [-0.05, 0) is 44.6 Å². The van der Waals surface area contributed by atoms with Crippen molar-refractivity contribution in [3.8, 4) is 5.75 Å². The van der Waals surface area contributed by atoms with E-state index in [0.29, 0.717) is 13.0 Å². The van der Waals surface area contributed by atoms with Gasteiger partial charge in [-0.3, -0.25) is 4.79 Å². The molecule has 128 valence electrons. The first-order chi connectivity index (χ1) is 11.0. The SMILES string of the molecule is COc1ccc(CCC(=O)N2CC[C@H](CO)[C@H](N(C)C)C2)cc1. The fourth-order valence-corrected chi connectivity index (χ4v) is 3.21.